The maximum absolute atomic E-state index is 12.2. The number of phenolic OH excluding ortho intramolecular Hbond substituents is 1. The molecule has 6 nitrogen and oxygen atoms in total. The fraction of sp³-hybridized carbons (Fsp3) is 0.133. The minimum absolute atomic E-state index is 0.111. The van der Waals surface area contributed by atoms with Gasteiger partial charge >= 0.3 is 0 Å². The Hall–Kier alpha value is -2.68. The first-order valence-electron chi connectivity index (χ1n) is 6.66. The molecule has 0 atom stereocenters. The standard InChI is InChI=1S/C15H12F2N2O4S/c16-15(17)24-12-4-1-9(2-5-12)14(21)18-8-10-7-11(19(22)23)3-6-13(10)20/h1-7,15,20H,8H2,(H,18,21). The first-order chi connectivity index (χ1) is 11.4. The van der Waals surface area contributed by atoms with E-state index in [1.54, 1.807) is 0 Å². The highest BCUT2D eigenvalue weighted by atomic mass is 32.2. The van der Waals surface area contributed by atoms with Gasteiger partial charge in [0.25, 0.3) is 17.4 Å². The SMILES string of the molecule is O=C(NCc1cc([N+](=O)[O-])ccc1O)c1ccc(SC(F)F)cc1. The van der Waals surface area contributed by atoms with Crippen LogP contribution in [0.25, 0.3) is 0 Å². The van der Waals surface area contributed by atoms with Gasteiger partial charge in [0.05, 0.1) is 4.92 Å². The maximum Gasteiger partial charge on any atom is 0.288 e. The Labute approximate surface area is 139 Å². The lowest BCUT2D eigenvalue weighted by Crippen LogP contribution is -2.22. The number of halogens is 2. The zero-order valence-electron chi connectivity index (χ0n) is 12.1. The molecule has 0 bridgehead atoms. The molecule has 0 heterocycles. The largest absolute Gasteiger partial charge is 0.508 e. The highest BCUT2D eigenvalue weighted by molar-refractivity contribution is 7.99. The van der Waals surface area contributed by atoms with Crippen LogP contribution in [0.5, 0.6) is 5.75 Å². The Morgan fingerprint density at radius 1 is 1.25 bits per heavy atom. The number of carbonyl (C=O) groups excluding carboxylic acids is 1. The highest BCUT2D eigenvalue weighted by Gasteiger charge is 2.12. The van der Waals surface area contributed by atoms with Crippen molar-refractivity contribution >= 4 is 23.4 Å². The Balaban J connectivity index is 2.03. The van der Waals surface area contributed by atoms with Gasteiger partial charge in [-0.15, -0.1) is 0 Å². The van der Waals surface area contributed by atoms with Gasteiger partial charge in [-0.1, -0.05) is 11.8 Å². The third kappa shape index (κ3) is 4.66. The van der Waals surface area contributed by atoms with E-state index < -0.39 is 16.6 Å². The molecule has 0 radical (unpaired) electrons. The van der Waals surface area contributed by atoms with Crippen LogP contribution in [0.4, 0.5) is 14.5 Å². The van der Waals surface area contributed by atoms with Gasteiger partial charge in [-0.25, -0.2) is 0 Å². The summed E-state index contributed by atoms with van der Waals surface area (Å²) in [6.07, 6.45) is 0. The van der Waals surface area contributed by atoms with Crippen molar-refractivity contribution in [3.8, 4) is 5.75 Å². The van der Waals surface area contributed by atoms with Gasteiger partial charge in [0.2, 0.25) is 0 Å². The smallest absolute Gasteiger partial charge is 0.288 e. The van der Waals surface area contributed by atoms with E-state index >= 15 is 0 Å². The number of rotatable bonds is 6. The average Bonchev–Trinajstić information content (AvgIpc) is 2.53. The predicted molar refractivity (Wildman–Crippen MR) is 84.2 cm³/mol. The number of nitrogens with one attached hydrogen (secondary N) is 1. The van der Waals surface area contributed by atoms with Crippen molar-refractivity contribution in [1.82, 2.24) is 5.32 Å². The lowest BCUT2D eigenvalue weighted by molar-refractivity contribution is -0.384. The van der Waals surface area contributed by atoms with E-state index in [0.717, 1.165) is 12.1 Å². The van der Waals surface area contributed by atoms with Gasteiger partial charge in [-0.2, -0.15) is 8.78 Å². The number of nitro benzene ring substituents is 1. The molecule has 0 fully saturated rings. The number of benzene rings is 2. The van der Waals surface area contributed by atoms with E-state index in [0.29, 0.717) is 16.7 Å². The fourth-order valence-electron chi connectivity index (χ4n) is 1.89. The number of carbonyl (C=O) groups is 1. The van der Waals surface area contributed by atoms with Gasteiger partial charge in [0.15, 0.2) is 0 Å². The highest BCUT2D eigenvalue weighted by Crippen LogP contribution is 2.25. The number of hydrogen-bond acceptors (Lipinski definition) is 5. The van der Waals surface area contributed by atoms with Crippen LogP contribution in [0.2, 0.25) is 0 Å². The fourth-order valence-corrected chi connectivity index (χ4v) is 2.39. The van der Waals surface area contributed by atoms with E-state index in [2.05, 4.69) is 5.32 Å². The third-order valence-electron chi connectivity index (χ3n) is 3.05. The predicted octanol–water partition coefficient (Wildman–Crippen LogP) is 3.55. The van der Waals surface area contributed by atoms with Crippen LogP contribution in [0.3, 0.4) is 0 Å². The first-order valence-corrected chi connectivity index (χ1v) is 7.54. The van der Waals surface area contributed by atoms with Crippen LogP contribution in [-0.4, -0.2) is 21.7 Å². The minimum atomic E-state index is -2.54. The summed E-state index contributed by atoms with van der Waals surface area (Å²) in [5.41, 5.74) is 0.242. The van der Waals surface area contributed by atoms with Crippen molar-refractivity contribution in [2.75, 3.05) is 0 Å². The lowest BCUT2D eigenvalue weighted by atomic mass is 10.1. The first kappa shape index (κ1) is 17.7. The van der Waals surface area contributed by atoms with Gasteiger partial charge in [-0.3, -0.25) is 14.9 Å². The number of nitrogens with zero attached hydrogens (tertiary/aromatic N) is 1. The van der Waals surface area contributed by atoms with Crippen molar-refractivity contribution < 1.29 is 23.6 Å². The van der Waals surface area contributed by atoms with E-state index in [9.17, 15) is 28.8 Å². The summed E-state index contributed by atoms with van der Waals surface area (Å²) >= 11 is 0.373. The van der Waals surface area contributed by atoms with Crippen molar-refractivity contribution in [3.63, 3.8) is 0 Å². The molecule has 0 saturated carbocycles. The van der Waals surface area contributed by atoms with Crippen molar-refractivity contribution in [2.24, 2.45) is 0 Å². The summed E-state index contributed by atoms with van der Waals surface area (Å²) in [4.78, 5) is 22.4. The summed E-state index contributed by atoms with van der Waals surface area (Å²) in [7, 11) is 0. The molecule has 0 aliphatic carbocycles. The quantitative estimate of drug-likeness (QED) is 0.470. The van der Waals surface area contributed by atoms with E-state index in [1.165, 1.54) is 30.3 Å². The Kier molecular flexibility index (Phi) is 5.69. The van der Waals surface area contributed by atoms with Crippen LogP contribution >= 0.6 is 11.8 Å². The van der Waals surface area contributed by atoms with Crippen molar-refractivity contribution in [1.29, 1.82) is 0 Å². The molecule has 2 N–H and O–H groups in total. The third-order valence-corrected chi connectivity index (χ3v) is 3.78. The maximum atomic E-state index is 12.2. The van der Waals surface area contributed by atoms with Crippen LogP contribution in [0.1, 0.15) is 15.9 Å². The van der Waals surface area contributed by atoms with Gasteiger partial charge < -0.3 is 10.4 Å². The number of aromatic hydroxyl groups is 1. The second-order valence-corrected chi connectivity index (χ2v) is 5.72. The topological polar surface area (TPSA) is 92.5 Å². The Bertz CT molecular complexity index is 754. The van der Waals surface area contributed by atoms with Gasteiger partial charge in [-0.05, 0) is 30.3 Å². The molecule has 2 aromatic carbocycles. The molecule has 126 valence electrons. The second kappa shape index (κ2) is 7.73. The molecule has 24 heavy (non-hydrogen) atoms. The Morgan fingerprint density at radius 3 is 2.50 bits per heavy atom. The molecule has 0 saturated heterocycles. The monoisotopic (exact) mass is 354 g/mol. The zero-order chi connectivity index (χ0) is 17.7. The van der Waals surface area contributed by atoms with Gasteiger partial charge in [0.1, 0.15) is 5.75 Å². The molecule has 0 aliphatic heterocycles. The molecule has 0 spiro atoms. The summed E-state index contributed by atoms with van der Waals surface area (Å²) in [5.74, 6) is -3.21. The number of nitro groups is 1. The van der Waals surface area contributed by atoms with Crippen LogP contribution in [0.15, 0.2) is 47.4 Å². The minimum Gasteiger partial charge on any atom is -0.508 e. The second-order valence-electron chi connectivity index (χ2n) is 4.66. The number of amides is 1. The molecular formula is C15H12F2N2O4S. The van der Waals surface area contributed by atoms with Crippen LogP contribution in [0, 0.1) is 10.1 Å². The summed E-state index contributed by atoms with van der Waals surface area (Å²) < 4.78 is 24.5. The molecule has 1 amide bonds. The summed E-state index contributed by atoms with van der Waals surface area (Å²) in [6.45, 7) is -0.111. The molecule has 2 rings (SSSR count). The number of hydrogen-bond donors (Lipinski definition) is 2. The van der Waals surface area contributed by atoms with E-state index in [4.69, 9.17) is 0 Å². The average molecular weight is 354 g/mol. The molecule has 2 aromatic rings. The number of alkyl halides is 2. The molecule has 0 aliphatic rings. The van der Waals surface area contributed by atoms with Gasteiger partial charge in [0, 0.05) is 34.7 Å². The number of non-ortho nitro benzene ring substituents is 1. The molecule has 0 aromatic heterocycles. The number of phenols is 1. The van der Waals surface area contributed by atoms with Crippen LogP contribution in [-0.2, 0) is 6.54 Å². The normalized spacial score (nSPS) is 10.6. The van der Waals surface area contributed by atoms with Crippen molar-refractivity contribution in [3.05, 3.63) is 63.7 Å². The summed E-state index contributed by atoms with van der Waals surface area (Å²) in [5, 5.41) is 22.9. The van der Waals surface area contributed by atoms with Crippen LogP contribution < -0.4 is 5.32 Å². The molecule has 0 unspecified atom stereocenters. The number of thioether (sulfide) groups is 1. The Morgan fingerprint density at radius 2 is 1.92 bits per heavy atom. The zero-order valence-corrected chi connectivity index (χ0v) is 12.9. The molecular weight excluding hydrogens is 342 g/mol. The van der Waals surface area contributed by atoms with E-state index in [1.807, 2.05) is 0 Å². The molecule has 9 heteroatoms. The summed E-state index contributed by atoms with van der Waals surface area (Å²) in [6, 6.07) is 9.09. The van der Waals surface area contributed by atoms with E-state index in [-0.39, 0.29) is 29.1 Å². The lowest BCUT2D eigenvalue weighted by Gasteiger charge is -2.08. The van der Waals surface area contributed by atoms with Crippen molar-refractivity contribution in [2.45, 2.75) is 17.2 Å².